The number of carboxylic acid groups (broad SMARTS) is 1. The van der Waals surface area contributed by atoms with E-state index in [-0.39, 0.29) is 5.91 Å². The Morgan fingerprint density at radius 2 is 2.24 bits per heavy atom. The van der Waals surface area contributed by atoms with Crippen molar-refractivity contribution in [3.05, 3.63) is 40.5 Å². The smallest absolute Gasteiger partial charge is 0.328 e. The number of carboxylic acids is 1. The lowest BCUT2D eigenvalue weighted by Crippen LogP contribution is -2.13. The topological polar surface area (TPSA) is 105 Å². The van der Waals surface area contributed by atoms with Crippen LogP contribution in [0.1, 0.15) is 28.0 Å². The maximum atomic E-state index is 12.1. The number of hydrogen-bond donors (Lipinski definition) is 2. The van der Waals surface area contributed by atoms with Gasteiger partial charge in [-0.3, -0.25) is 4.79 Å². The lowest BCUT2D eigenvalue weighted by atomic mass is 10.3. The number of rotatable bonds is 5. The number of aromatic nitrogens is 3. The number of aryl methyl sites for hydroxylation is 1. The summed E-state index contributed by atoms with van der Waals surface area (Å²) >= 11 is 1.03. The third-order valence-electron chi connectivity index (χ3n) is 2.51. The monoisotopic (exact) mass is 304 g/mol. The number of nitrogens with zero attached hydrogens (tertiary/aromatic N) is 3. The highest BCUT2D eigenvalue weighted by molar-refractivity contribution is 7.08. The lowest BCUT2D eigenvalue weighted by Gasteiger charge is -2.04. The van der Waals surface area contributed by atoms with E-state index < -0.39 is 5.97 Å². The largest absolute Gasteiger partial charge is 0.478 e. The van der Waals surface area contributed by atoms with Crippen LogP contribution >= 0.6 is 11.5 Å². The zero-order chi connectivity index (χ0) is 15.2. The van der Waals surface area contributed by atoms with Crippen molar-refractivity contribution in [2.24, 2.45) is 0 Å². The molecule has 0 bridgehead atoms. The van der Waals surface area contributed by atoms with Crippen LogP contribution in [0.5, 0.6) is 0 Å². The normalized spacial score (nSPS) is 10.7. The molecule has 1 amide bonds. The van der Waals surface area contributed by atoms with Crippen LogP contribution in [0.3, 0.4) is 0 Å². The van der Waals surface area contributed by atoms with Crippen LogP contribution in [0.2, 0.25) is 0 Å². The van der Waals surface area contributed by atoms with Crippen LogP contribution in [-0.2, 0) is 11.2 Å². The Labute approximate surface area is 124 Å². The number of carbonyl (C=O) groups excluding carboxylic acids is 1. The predicted molar refractivity (Wildman–Crippen MR) is 78.1 cm³/mol. The summed E-state index contributed by atoms with van der Waals surface area (Å²) in [6.07, 6.45) is 2.95. The first-order valence-electron chi connectivity index (χ1n) is 6.10. The van der Waals surface area contributed by atoms with E-state index in [2.05, 4.69) is 19.9 Å². The van der Waals surface area contributed by atoms with Gasteiger partial charge in [-0.25, -0.2) is 9.78 Å². The highest BCUT2D eigenvalue weighted by Crippen LogP contribution is 2.14. The minimum atomic E-state index is -1.06. The van der Waals surface area contributed by atoms with Crippen molar-refractivity contribution in [1.29, 1.82) is 0 Å². The summed E-state index contributed by atoms with van der Waals surface area (Å²) in [5.41, 5.74) is 1.08. The molecule has 0 spiro atoms. The average molecular weight is 304 g/mol. The Hall–Kier alpha value is -2.61. The van der Waals surface area contributed by atoms with Gasteiger partial charge >= 0.3 is 5.97 Å². The summed E-state index contributed by atoms with van der Waals surface area (Å²) in [7, 11) is 0. The number of amides is 1. The summed E-state index contributed by atoms with van der Waals surface area (Å²) in [5.74, 6) is -1.05. The average Bonchev–Trinajstić information content (AvgIpc) is 2.94. The van der Waals surface area contributed by atoms with E-state index in [0.717, 1.165) is 17.6 Å². The van der Waals surface area contributed by atoms with Gasteiger partial charge < -0.3 is 10.4 Å². The van der Waals surface area contributed by atoms with Gasteiger partial charge in [0.25, 0.3) is 5.91 Å². The first-order valence-corrected chi connectivity index (χ1v) is 6.88. The second-order valence-corrected chi connectivity index (χ2v) is 4.73. The molecular weight excluding hydrogens is 292 g/mol. The fraction of sp³-hybridized carbons (Fsp3) is 0.154. The van der Waals surface area contributed by atoms with Gasteiger partial charge in [-0.15, -0.1) is 5.10 Å². The summed E-state index contributed by atoms with van der Waals surface area (Å²) in [4.78, 5) is 27.1. The van der Waals surface area contributed by atoms with E-state index in [1.54, 1.807) is 18.2 Å². The third kappa shape index (κ3) is 3.93. The predicted octanol–water partition coefficient (Wildman–Crippen LogP) is 1.85. The number of pyridine rings is 1. The van der Waals surface area contributed by atoms with Crippen LogP contribution in [-0.4, -0.2) is 31.6 Å². The molecule has 2 N–H and O–H groups in total. The highest BCUT2D eigenvalue weighted by atomic mass is 32.1. The van der Waals surface area contributed by atoms with Gasteiger partial charge in [0.05, 0.1) is 11.4 Å². The van der Waals surface area contributed by atoms with Gasteiger partial charge in [0.1, 0.15) is 10.7 Å². The van der Waals surface area contributed by atoms with Crippen LogP contribution in [0.25, 0.3) is 6.08 Å². The SMILES string of the molecule is CCc1nnsc1C(=O)Nc1cccc(C=CC(=O)O)n1. The molecule has 0 aliphatic rings. The molecule has 0 saturated heterocycles. The second kappa shape index (κ2) is 6.71. The maximum Gasteiger partial charge on any atom is 0.328 e. The fourth-order valence-corrected chi connectivity index (χ4v) is 2.20. The molecule has 0 aromatic carbocycles. The molecule has 0 saturated carbocycles. The van der Waals surface area contributed by atoms with Crippen LogP contribution < -0.4 is 5.32 Å². The molecule has 0 radical (unpaired) electrons. The van der Waals surface area contributed by atoms with E-state index in [0.29, 0.717) is 28.5 Å². The zero-order valence-corrected chi connectivity index (χ0v) is 11.9. The van der Waals surface area contributed by atoms with Crippen molar-refractivity contribution < 1.29 is 14.7 Å². The van der Waals surface area contributed by atoms with Crippen molar-refractivity contribution >= 4 is 35.3 Å². The molecule has 0 unspecified atom stereocenters. The molecule has 2 aromatic rings. The first kappa shape index (κ1) is 14.8. The summed E-state index contributed by atoms with van der Waals surface area (Å²) in [5, 5.41) is 15.1. The summed E-state index contributed by atoms with van der Waals surface area (Å²) in [6.45, 7) is 1.89. The molecule has 7 nitrogen and oxygen atoms in total. The standard InChI is InChI=1S/C13H12N4O3S/c1-2-9-12(21-17-16-9)13(20)15-10-5-3-4-8(14-10)6-7-11(18)19/h3-7H,2H2,1H3,(H,18,19)(H,14,15,20). The van der Waals surface area contributed by atoms with Crippen molar-refractivity contribution in [2.75, 3.05) is 5.32 Å². The van der Waals surface area contributed by atoms with Gasteiger partial charge in [0.15, 0.2) is 0 Å². The molecular formula is C13H12N4O3S. The number of nitrogens with one attached hydrogen (secondary N) is 1. The van der Waals surface area contributed by atoms with Crippen LogP contribution in [0, 0.1) is 0 Å². The Balaban J connectivity index is 2.14. The van der Waals surface area contributed by atoms with Crippen molar-refractivity contribution in [2.45, 2.75) is 13.3 Å². The van der Waals surface area contributed by atoms with Gasteiger partial charge in [-0.2, -0.15) is 0 Å². The van der Waals surface area contributed by atoms with Gasteiger partial charge in [-0.05, 0) is 36.2 Å². The van der Waals surface area contributed by atoms with Crippen molar-refractivity contribution in [3.63, 3.8) is 0 Å². The fourth-order valence-electron chi connectivity index (χ4n) is 1.56. The van der Waals surface area contributed by atoms with Crippen molar-refractivity contribution in [3.8, 4) is 0 Å². The minimum Gasteiger partial charge on any atom is -0.478 e. The number of anilines is 1. The Bertz CT molecular complexity index is 696. The number of hydrogen-bond acceptors (Lipinski definition) is 6. The third-order valence-corrected chi connectivity index (χ3v) is 3.27. The molecule has 2 heterocycles. The summed E-state index contributed by atoms with van der Waals surface area (Å²) in [6, 6.07) is 4.94. The van der Waals surface area contributed by atoms with E-state index in [4.69, 9.17) is 5.11 Å². The molecule has 0 atom stereocenters. The Kier molecular flexibility index (Phi) is 4.72. The zero-order valence-electron chi connectivity index (χ0n) is 11.1. The van der Waals surface area contributed by atoms with E-state index in [9.17, 15) is 9.59 Å². The van der Waals surface area contributed by atoms with E-state index in [1.807, 2.05) is 6.92 Å². The molecule has 0 fully saturated rings. The molecule has 2 rings (SSSR count). The highest BCUT2D eigenvalue weighted by Gasteiger charge is 2.15. The minimum absolute atomic E-state index is 0.325. The first-order chi connectivity index (χ1) is 10.1. The Morgan fingerprint density at radius 1 is 1.43 bits per heavy atom. The molecule has 8 heteroatoms. The van der Waals surface area contributed by atoms with Crippen LogP contribution in [0.4, 0.5) is 5.82 Å². The maximum absolute atomic E-state index is 12.1. The quantitative estimate of drug-likeness (QED) is 0.817. The molecule has 2 aromatic heterocycles. The molecule has 21 heavy (non-hydrogen) atoms. The van der Waals surface area contributed by atoms with E-state index in [1.165, 1.54) is 6.08 Å². The number of carbonyl (C=O) groups is 2. The molecule has 0 aliphatic carbocycles. The van der Waals surface area contributed by atoms with Gasteiger partial charge in [0.2, 0.25) is 0 Å². The van der Waals surface area contributed by atoms with Gasteiger partial charge in [-0.1, -0.05) is 17.5 Å². The summed E-state index contributed by atoms with van der Waals surface area (Å²) < 4.78 is 3.76. The Morgan fingerprint density at radius 3 is 2.95 bits per heavy atom. The van der Waals surface area contributed by atoms with E-state index >= 15 is 0 Å². The molecule has 108 valence electrons. The second-order valence-electron chi connectivity index (χ2n) is 3.98. The van der Waals surface area contributed by atoms with Crippen molar-refractivity contribution in [1.82, 2.24) is 14.6 Å². The molecule has 0 aliphatic heterocycles. The lowest BCUT2D eigenvalue weighted by molar-refractivity contribution is -0.131. The number of aliphatic carboxylic acids is 1. The van der Waals surface area contributed by atoms with Crippen LogP contribution in [0.15, 0.2) is 24.3 Å². The van der Waals surface area contributed by atoms with Gasteiger partial charge in [0, 0.05) is 6.08 Å².